The van der Waals surface area contributed by atoms with Gasteiger partial charge in [0.05, 0.1) is 6.61 Å². The van der Waals surface area contributed by atoms with Crippen LogP contribution in [0.25, 0.3) is 11.2 Å². The Hall–Kier alpha value is -2.11. The Balaban J connectivity index is 2.58. The summed E-state index contributed by atoms with van der Waals surface area (Å²) in [7, 11) is -2.12. The highest BCUT2D eigenvalue weighted by Crippen LogP contribution is 2.35. The van der Waals surface area contributed by atoms with Crippen LogP contribution in [0.1, 0.15) is 33.0 Å². The molecule has 0 spiro atoms. The summed E-state index contributed by atoms with van der Waals surface area (Å²) in [6.45, 7) is 10.7. The lowest BCUT2D eigenvalue weighted by Crippen LogP contribution is -2.48. The monoisotopic (exact) mass is 333 g/mol. The van der Waals surface area contributed by atoms with Gasteiger partial charge in [-0.25, -0.2) is 15.0 Å². The zero-order chi connectivity index (χ0) is 17.3. The van der Waals surface area contributed by atoms with E-state index < -0.39 is 8.32 Å². The number of aliphatic hydroxyl groups excluding tert-OH is 1. The van der Waals surface area contributed by atoms with Gasteiger partial charge in [-0.1, -0.05) is 26.7 Å². The molecule has 0 fully saturated rings. The van der Waals surface area contributed by atoms with Crippen molar-refractivity contribution < 1.29 is 9.63 Å². The van der Waals surface area contributed by atoms with Crippen LogP contribution < -0.4 is 10.3 Å². The van der Waals surface area contributed by atoms with Gasteiger partial charge in [0.1, 0.15) is 6.33 Å². The molecule has 7 nitrogen and oxygen atoms in total. The summed E-state index contributed by atoms with van der Waals surface area (Å²) in [5, 5.41) is 8.91. The first-order chi connectivity index (χ1) is 10.7. The summed E-state index contributed by atoms with van der Waals surface area (Å²) in [5.41, 5.74) is 6.87. The van der Waals surface area contributed by atoms with Crippen molar-refractivity contribution in [3.8, 4) is 11.8 Å². The number of imidazole rings is 1. The largest absolute Gasteiger partial charge is 0.466 e. The van der Waals surface area contributed by atoms with Gasteiger partial charge in [-0.15, -0.1) is 0 Å². The number of nitrogens with two attached hydrogens (primary N) is 1. The zero-order valence-electron chi connectivity index (χ0n) is 14.2. The van der Waals surface area contributed by atoms with Crippen LogP contribution in [0.4, 0.5) is 5.82 Å². The number of fused-ring (bicyclic) bond motifs is 1. The van der Waals surface area contributed by atoms with Crippen LogP contribution in [0.3, 0.4) is 0 Å². The fraction of sp³-hybridized carbons (Fsp3) is 0.533. The summed E-state index contributed by atoms with van der Waals surface area (Å²) in [4.78, 5) is 12.6. The summed E-state index contributed by atoms with van der Waals surface area (Å²) in [5.74, 6) is 6.49. The number of rotatable bonds is 3. The van der Waals surface area contributed by atoms with Gasteiger partial charge < -0.3 is 15.4 Å². The van der Waals surface area contributed by atoms with Crippen molar-refractivity contribution in [2.45, 2.75) is 45.3 Å². The minimum atomic E-state index is -2.12. The van der Waals surface area contributed by atoms with Crippen molar-refractivity contribution in [3.05, 3.63) is 12.2 Å². The molecule has 0 atom stereocenters. The molecule has 2 heterocycles. The fourth-order valence-corrected chi connectivity index (χ4v) is 2.52. The van der Waals surface area contributed by atoms with Gasteiger partial charge in [0, 0.05) is 6.42 Å². The predicted octanol–water partition coefficient (Wildman–Crippen LogP) is 1.58. The number of hydrogen-bond acceptors (Lipinski definition) is 6. The summed E-state index contributed by atoms with van der Waals surface area (Å²) >= 11 is 0. The Morgan fingerprint density at radius 3 is 2.65 bits per heavy atom. The van der Waals surface area contributed by atoms with E-state index in [0.717, 1.165) is 0 Å². The van der Waals surface area contributed by atoms with Crippen LogP contribution in [0.15, 0.2) is 6.33 Å². The van der Waals surface area contributed by atoms with Gasteiger partial charge in [0.2, 0.25) is 11.5 Å². The summed E-state index contributed by atoms with van der Waals surface area (Å²) in [6, 6.07) is 0. The zero-order valence-corrected chi connectivity index (χ0v) is 15.2. The molecule has 0 unspecified atom stereocenters. The number of hydrogen-bond donors (Lipinski definition) is 2. The van der Waals surface area contributed by atoms with E-state index in [-0.39, 0.29) is 17.5 Å². The van der Waals surface area contributed by atoms with Gasteiger partial charge in [-0.05, 0) is 24.1 Å². The average Bonchev–Trinajstić information content (AvgIpc) is 2.77. The molecule has 0 saturated heterocycles. The molecular formula is C15H23N5O2Si. The molecule has 0 bridgehead atoms. The number of nitrogens with zero attached hydrogens (tertiary/aromatic N) is 4. The summed E-state index contributed by atoms with van der Waals surface area (Å²) < 4.78 is 7.88. The van der Waals surface area contributed by atoms with Crippen molar-refractivity contribution in [3.63, 3.8) is 0 Å². The maximum atomic E-state index is 8.89. The highest BCUT2D eigenvalue weighted by Gasteiger charge is 2.41. The van der Waals surface area contributed by atoms with E-state index in [4.69, 9.17) is 15.4 Å². The van der Waals surface area contributed by atoms with Crippen LogP contribution in [0, 0.1) is 11.8 Å². The molecule has 0 aliphatic carbocycles. The fourth-order valence-electron chi connectivity index (χ4n) is 1.62. The lowest BCUT2D eigenvalue weighted by atomic mass is 10.2. The van der Waals surface area contributed by atoms with E-state index in [1.165, 1.54) is 6.33 Å². The molecule has 0 saturated carbocycles. The molecule has 0 aromatic carbocycles. The molecule has 3 N–H and O–H groups in total. The van der Waals surface area contributed by atoms with Crippen molar-refractivity contribution in [2.24, 2.45) is 0 Å². The number of aromatic nitrogens is 4. The molecule has 0 radical (unpaired) electrons. The smallest absolute Gasteiger partial charge is 0.284 e. The molecule has 124 valence electrons. The minimum absolute atomic E-state index is 0.00172. The summed E-state index contributed by atoms with van der Waals surface area (Å²) in [6.07, 6.45) is 1.75. The van der Waals surface area contributed by atoms with E-state index in [1.807, 2.05) is 0 Å². The molecule has 0 aliphatic rings. The first-order valence-electron chi connectivity index (χ1n) is 7.45. The lowest BCUT2D eigenvalue weighted by molar-refractivity contribution is 0.256. The second-order valence-corrected chi connectivity index (χ2v) is 11.5. The van der Waals surface area contributed by atoms with Gasteiger partial charge in [0.15, 0.2) is 11.3 Å². The quantitative estimate of drug-likeness (QED) is 0.653. The van der Waals surface area contributed by atoms with E-state index in [1.54, 1.807) is 4.73 Å². The van der Waals surface area contributed by atoms with E-state index in [2.05, 4.69) is 60.7 Å². The second-order valence-electron chi connectivity index (χ2n) is 6.79. The Labute approximate surface area is 137 Å². The normalized spacial score (nSPS) is 12.1. The van der Waals surface area contributed by atoms with Crippen molar-refractivity contribution >= 4 is 25.3 Å². The van der Waals surface area contributed by atoms with Crippen LogP contribution in [-0.4, -0.2) is 39.7 Å². The third-order valence-electron chi connectivity index (χ3n) is 4.00. The second kappa shape index (κ2) is 6.18. The van der Waals surface area contributed by atoms with Gasteiger partial charge >= 0.3 is 0 Å². The molecular weight excluding hydrogens is 310 g/mol. The number of aliphatic hydroxyl groups is 1. The van der Waals surface area contributed by atoms with Crippen molar-refractivity contribution in [1.82, 2.24) is 19.7 Å². The van der Waals surface area contributed by atoms with Crippen molar-refractivity contribution in [1.29, 1.82) is 0 Å². The van der Waals surface area contributed by atoms with Crippen LogP contribution in [0.5, 0.6) is 0 Å². The van der Waals surface area contributed by atoms with Crippen LogP contribution in [-0.2, 0) is 0 Å². The van der Waals surface area contributed by atoms with Gasteiger partial charge in [-0.2, -0.15) is 4.73 Å². The molecule has 8 heteroatoms. The highest BCUT2D eigenvalue weighted by molar-refractivity contribution is 6.74. The average molecular weight is 333 g/mol. The molecule has 2 aromatic heterocycles. The van der Waals surface area contributed by atoms with E-state index >= 15 is 0 Å². The standard InChI is InChI=1S/C15H23N5O2Si/c1-15(2,3)23(4,5)22-20-11(8-6-7-9-21)19-12-13(16)17-10-18-14(12)20/h10,21H,7,9H2,1-5H3,(H2,16,17,18). The Morgan fingerprint density at radius 2 is 2.04 bits per heavy atom. The van der Waals surface area contributed by atoms with Crippen LogP contribution in [0.2, 0.25) is 18.1 Å². The molecule has 23 heavy (non-hydrogen) atoms. The Kier molecular flexibility index (Phi) is 4.63. The topological polar surface area (TPSA) is 99.1 Å². The Bertz CT molecular complexity index is 768. The maximum absolute atomic E-state index is 8.89. The molecule has 0 aliphatic heterocycles. The van der Waals surface area contributed by atoms with E-state index in [9.17, 15) is 0 Å². The molecule has 2 aromatic rings. The number of anilines is 1. The minimum Gasteiger partial charge on any atom is -0.466 e. The third-order valence-corrected chi connectivity index (χ3v) is 8.25. The van der Waals surface area contributed by atoms with Gasteiger partial charge in [-0.3, -0.25) is 0 Å². The third kappa shape index (κ3) is 3.46. The van der Waals surface area contributed by atoms with Gasteiger partial charge in [0.25, 0.3) is 8.32 Å². The van der Waals surface area contributed by atoms with E-state index in [0.29, 0.717) is 23.4 Å². The SMILES string of the molecule is CC(C)(C)[Si](C)(C)On1c(C#CCCO)nc2c(N)ncnc21. The maximum Gasteiger partial charge on any atom is 0.284 e. The van der Waals surface area contributed by atoms with Crippen LogP contribution >= 0.6 is 0 Å². The first kappa shape index (κ1) is 17.2. The lowest BCUT2D eigenvalue weighted by Gasteiger charge is -2.35. The first-order valence-corrected chi connectivity index (χ1v) is 10.4. The van der Waals surface area contributed by atoms with Crippen molar-refractivity contribution in [2.75, 3.05) is 12.3 Å². The Morgan fingerprint density at radius 1 is 1.35 bits per heavy atom. The molecule has 0 amide bonds. The highest BCUT2D eigenvalue weighted by atomic mass is 28.4. The predicted molar refractivity (Wildman–Crippen MR) is 92.1 cm³/mol. The molecule has 2 rings (SSSR count). The number of nitrogen functional groups attached to an aromatic ring is 1.